The molecule has 0 aliphatic carbocycles. The maximum atomic E-state index is 12.9. The van der Waals surface area contributed by atoms with Gasteiger partial charge >= 0.3 is 6.09 Å². The zero-order chi connectivity index (χ0) is 30.0. The summed E-state index contributed by atoms with van der Waals surface area (Å²) in [7, 11) is -1.83. The molecule has 11 nitrogen and oxygen atoms in total. The van der Waals surface area contributed by atoms with E-state index in [2.05, 4.69) is 10.6 Å². The third kappa shape index (κ3) is 6.20. The number of ether oxygens (including phenoxy) is 3. The molecule has 1 amide bonds. The second-order valence-electron chi connectivity index (χ2n) is 10.9. The summed E-state index contributed by atoms with van der Waals surface area (Å²) in [5.74, 6) is 1.71. The van der Waals surface area contributed by atoms with E-state index in [0.717, 1.165) is 27.8 Å². The molecule has 1 aromatic heterocycles. The number of aromatic nitrogens is 2. The van der Waals surface area contributed by atoms with E-state index in [1.807, 2.05) is 66.4 Å². The number of methoxy groups -OCH3 is 1. The van der Waals surface area contributed by atoms with Crippen LogP contribution >= 0.6 is 0 Å². The number of hydrogen-bond acceptors (Lipinski definition) is 10. The SMILES string of the molecule is COc1ccc(COC(=O)NC2(CNc3nc(N4CCS(=O)(=O)c5ccccc5C4)nc4ccc(C)cc34)COC2)cc1. The van der Waals surface area contributed by atoms with Crippen LogP contribution in [0.3, 0.4) is 0 Å². The van der Waals surface area contributed by atoms with Crippen LogP contribution in [0.15, 0.2) is 71.6 Å². The second-order valence-corrected chi connectivity index (χ2v) is 13.0. The summed E-state index contributed by atoms with van der Waals surface area (Å²) >= 11 is 0. The minimum Gasteiger partial charge on any atom is -0.497 e. The van der Waals surface area contributed by atoms with Crippen molar-refractivity contribution in [2.24, 2.45) is 0 Å². The number of carbonyl (C=O) groups excluding carboxylic acids is 1. The van der Waals surface area contributed by atoms with Crippen molar-refractivity contribution in [3.8, 4) is 5.75 Å². The van der Waals surface area contributed by atoms with Gasteiger partial charge < -0.3 is 29.7 Å². The first-order valence-electron chi connectivity index (χ1n) is 14.0. The van der Waals surface area contributed by atoms with E-state index in [9.17, 15) is 13.2 Å². The number of benzene rings is 3. The molecule has 0 spiro atoms. The van der Waals surface area contributed by atoms with E-state index >= 15 is 0 Å². The number of amides is 1. The Morgan fingerprint density at radius 1 is 1.07 bits per heavy atom. The predicted molar refractivity (Wildman–Crippen MR) is 162 cm³/mol. The van der Waals surface area contributed by atoms with Gasteiger partial charge in [0.05, 0.1) is 36.5 Å². The van der Waals surface area contributed by atoms with E-state index in [0.29, 0.717) is 48.5 Å². The van der Waals surface area contributed by atoms with Crippen molar-refractivity contribution in [3.63, 3.8) is 0 Å². The first-order valence-corrected chi connectivity index (χ1v) is 15.6. The lowest BCUT2D eigenvalue weighted by molar-refractivity contribution is -0.0650. The second kappa shape index (κ2) is 11.7. The third-order valence-corrected chi connectivity index (χ3v) is 9.46. The number of anilines is 2. The Morgan fingerprint density at radius 2 is 1.86 bits per heavy atom. The van der Waals surface area contributed by atoms with Crippen LogP contribution in [-0.4, -0.2) is 69.2 Å². The highest BCUT2D eigenvalue weighted by atomic mass is 32.2. The Kier molecular flexibility index (Phi) is 7.80. The van der Waals surface area contributed by atoms with Crippen LogP contribution in [-0.2, 0) is 32.5 Å². The van der Waals surface area contributed by atoms with Crippen LogP contribution in [0.25, 0.3) is 10.9 Å². The largest absolute Gasteiger partial charge is 0.497 e. The molecule has 2 N–H and O–H groups in total. The van der Waals surface area contributed by atoms with Crippen LogP contribution in [0.4, 0.5) is 16.6 Å². The van der Waals surface area contributed by atoms with Crippen LogP contribution in [0.1, 0.15) is 16.7 Å². The van der Waals surface area contributed by atoms with Crippen molar-refractivity contribution >= 4 is 38.6 Å². The number of sulfone groups is 1. The van der Waals surface area contributed by atoms with Crippen LogP contribution in [0.5, 0.6) is 5.75 Å². The van der Waals surface area contributed by atoms with Crippen molar-refractivity contribution in [1.29, 1.82) is 0 Å². The molecule has 0 saturated carbocycles. The minimum absolute atomic E-state index is 0.0366. The number of hydrogen-bond donors (Lipinski definition) is 2. The Balaban J connectivity index is 1.20. The van der Waals surface area contributed by atoms with E-state index in [1.165, 1.54) is 0 Å². The van der Waals surface area contributed by atoms with Gasteiger partial charge in [0.1, 0.15) is 23.7 Å². The van der Waals surface area contributed by atoms with Crippen molar-refractivity contribution in [2.45, 2.75) is 30.5 Å². The highest BCUT2D eigenvalue weighted by Gasteiger charge is 2.41. The van der Waals surface area contributed by atoms with E-state index in [1.54, 1.807) is 19.2 Å². The third-order valence-electron chi connectivity index (χ3n) is 7.67. The average molecular weight is 604 g/mol. The molecule has 2 aliphatic rings. The summed E-state index contributed by atoms with van der Waals surface area (Å²) in [6, 6.07) is 20.3. The molecule has 224 valence electrons. The van der Waals surface area contributed by atoms with Crippen molar-refractivity contribution in [3.05, 3.63) is 83.4 Å². The maximum absolute atomic E-state index is 12.9. The quantitative estimate of drug-likeness (QED) is 0.306. The summed E-state index contributed by atoms with van der Waals surface area (Å²) in [5.41, 5.74) is 2.64. The highest BCUT2D eigenvalue weighted by Crippen LogP contribution is 2.29. The molecule has 0 atom stereocenters. The van der Waals surface area contributed by atoms with Gasteiger partial charge in [0, 0.05) is 25.0 Å². The van der Waals surface area contributed by atoms with Gasteiger partial charge in [-0.25, -0.2) is 18.2 Å². The Bertz CT molecular complexity index is 1760. The summed E-state index contributed by atoms with van der Waals surface area (Å²) in [6.07, 6.45) is -0.547. The summed E-state index contributed by atoms with van der Waals surface area (Å²) < 4.78 is 42.0. The minimum atomic E-state index is -3.42. The summed E-state index contributed by atoms with van der Waals surface area (Å²) in [4.78, 5) is 24.7. The maximum Gasteiger partial charge on any atom is 0.408 e. The highest BCUT2D eigenvalue weighted by molar-refractivity contribution is 7.91. The molecule has 43 heavy (non-hydrogen) atoms. The van der Waals surface area contributed by atoms with Crippen molar-refractivity contribution in [1.82, 2.24) is 15.3 Å². The standard InChI is InChI=1S/C31H33N5O6S/c1-21-7-12-26-25(15-21)28(34-29(33-26)36-13-14-43(38,39)27-6-4-3-5-23(27)16-36)32-18-31(19-41-20-31)35-30(37)42-17-22-8-10-24(40-2)11-9-22/h3-12,15H,13-14,16-20H2,1-2H3,(H,35,37)(H,32,33,34). The molecule has 4 aromatic rings. The first kappa shape index (κ1) is 28.7. The van der Waals surface area contributed by atoms with Gasteiger partial charge in [0.15, 0.2) is 9.84 Å². The van der Waals surface area contributed by atoms with Gasteiger partial charge in [-0.05, 0) is 48.4 Å². The number of carbonyl (C=O) groups is 1. The van der Waals surface area contributed by atoms with Gasteiger partial charge in [0.25, 0.3) is 0 Å². The normalized spacial score (nSPS) is 16.8. The fourth-order valence-corrected chi connectivity index (χ4v) is 6.68. The van der Waals surface area contributed by atoms with Gasteiger partial charge in [-0.3, -0.25) is 0 Å². The van der Waals surface area contributed by atoms with E-state index < -0.39 is 21.5 Å². The number of fused-ring (bicyclic) bond motifs is 2. The molecule has 0 unspecified atom stereocenters. The number of nitrogens with one attached hydrogen (secondary N) is 2. The molecule has 1 saturated heterocycles. The smallest absolute Gasteiger partial charge is 0.408 e. The molecule has 6 rings (SSSR count). The van der Waals surface area contributed by atoms with Crippen molar-refractivity contribution < 1.29 is 27.4 Å². The molecule has 12 heteroatoms. The molecule has 0 radical (unpaired) electrons. The predicted octanol–water partition coefficient (Wildman–Crippen LogP) is 3.85. The van der Waals surface area contributed by atoms with Crippen LogP contribution in [0.2, 0.25) is 0 Å². The Hall–Kier alpha value is -4.42. The number of nitrogens with zero attached hydrogens (tertiary/aromatic N) is 3. The Labute approximate surface area is 250 Å². The van der Waals surface area contributed by atoms with Gasteiger partial charge in [0.2, 0.25) is 5.95 Å². The van der Waals surface area contributed by atoms with E-state index in [-0.39, 0.29) is 18.9 Å². The molecule has 1 fully saturated rings. The number of alkyl carbamates (subject to hydrolysis) is 1. The zero-order valence-corrected chi connectivity index (χ0v) is 24.8. The van der Waals surface area contributed by atoms with Crippen LogP contribution < -0.4 is 20.3 Å². The average Bonchev–Trinajstić information content (AvgIpc) is 3.13. The molecular weight excluding hydrogens is 570 g/mol. The lowest BCUT2D eigenvalue weighted by Crippen LogP contribution is -2.65. The van der Waals surface area contributed by atoms with Gasteiger partial charge in [-0.15, -0.1) is 0 Å². The van der Waals surface area contributed by atoms with Crippen molar-refractivity contribution in [2.75, 3.05) is 49.4 Å². The summed E-state index contributed by atoms with van der Waals surface area (Å²) in [6.45, 7) is 3.70. The topological polar surface area (TPSA) is 132 Å². The lowest BCUT2D eigenvalue weighted by Gasteiger charge is -2.41. The molecule has 3 heterocycles. The molecule has 2 aliphatic heterocycles. The fraction of sp³-hybridized carbons (Fsp3) is 0.323. The number of rotatable bonds is 8. The van der Waals surface area contributed by atoms with Crippen LogP contribution in [0, 0.1) is 6.92 Å². The van der Waals surface area contributed by atoms with Gasteiger partial charge in [-0.2, -0.15) is 4.98 Å². The molecule has 3 aromatic carbocycles. The Morgan fingerprint density at radius 3 is 2.60 bits per heavy atom. The fourth-order valence-electron chi connectivity index (χ4n) is 5.18. The lowest BCUT2D eigenvalue weighted by atomic mass is 9.97. The van der Waals surface area contributed by atoms with E-state index in [4.69, 9.17) is 24.2 Å². The molecular formula is C31H33N5O6S. The van der Waals surface area contributed by atoms with Gasteiger partial charge in [-0.1, -0.05) is 42.0 Å². The molecule has 0 bridgehead atoms. The summed E-state index contributed by atoms with van der Waals surface area (Å²) in [5, 5.41) is 7.21. The zero-order valence-electron chi connectivity index (χ0n) is 24.0. The monoisotopic (exact) mass is 603 g/mol. The first-order chi connectivity index (χ1) is 20.7. The number of aryl methyl sites for hydroxylation is 1.